The molecule has 0 aliphatic carbocycles. The number of methoxy groups -OCH3 is 1. The largest absolute Gasteiger partial charge is 0.496 e. The SMILES string of the molecule is COc1cc(C=C2C(=O)NC(=S)NC2=O)ccc1Cc1ccccc1F. The molecule has 0 saturated carbocycles. The quantitative estimate of drug-likeness (QED) is 0.493. The van der Waals surface area contributed by atoms with Crippen LogP contribution in [0.5, 0.6) is 5.75 Å². The third-order valence-corrected chi connectivity index (χ3v) is 4.11. The topological polar surface area (TPSA) is 67.4 Å². The molecule has 1 aliphatic heterocycles. The molecule has 1 heterocycles. The Kier molecular flexibility index (Phi) is 5.09. The number of benzene rings is 2. The molecule has 2 N–H and O–H groups in total. The predicted octanol–water partition coefficient (Wildman–Crippen LogP) is 2.34. The van der Waals surface area contributed by atoms with E-state index in [1.54, 1.807) is 36.4 Å². The molecule has 2 aromatic rings. The number of amides is 2. The minimum absolute atomic E-state index is 0.0185. The smallest absolute Gasteiger partial charge is 0.263 e. The standard InChI is InChI=1S/C19H15FN2O3S/c1-25-16-9-11(8-14-17(23)21-19(26)22-18(14)24)6-7-13(16)10-12-4-2-3-5-15(12)20/h2-9H,10H2,1H3,(H2,21,22,23,24,26). The van der Waals surface area contributed by atoms with E-state index in [0.717, 1.165) is 5.56 Å². The van der Waals surface area contributed by atoms with E-state index in [-0.39, 0.29) is 16.5 Å². The first-order chi connectivity index (χ1) is 12.5. The van der Waals surface area contributed by atoms with Crippen LogP contribution < -0.4 is 15.4 Å². The highest BCUT2D eigenvalue weighted by Crippen LogP contribution is 2.25. The van der Waals surface area contributed by atoms with Crippen molar-refractivity contribution in [3.8, 4) is 5.75 Å². The molecule has 3 rings (SSSR count). The summed E-state index contributed by atoms with van der Waals surface area (Å²) in [7, 11) is 1.51. The predicted molar refractivity (Wildman–Crippen MR) is 99.1 cm³/mol. The van der Waals surface area contributed by atoms with Crippen LogP contribution in [0.3, 0.4) is 0 Å². The Morgan fingerprint density at radius 2 is 1.77 bits per heavy atom. The molecule has 0 radical (unpaired) electrons. The van der Waals surface area contributed by atoms with E-state index in [4.69, 9.17) is 17.0 Å². The van der Waals surface area contributed by atoms with Crippen molar-refractivity contribution in [1.29, 1.82) is 0 Å². The number of hydrogen-bond acceptors (Lipinski definition) is 4. The zero-order chi connectivity index (χ0) is 18.7. The highest BCUT2D eigenvalue weighted by atomic mass is 32.1. The molecule has 5 nitrogen and oxygen atoms in total. The number of carbonyl (C=O) groups is 2. The van der Waals surface area contributed by atoms with Crippen molar-refractivity contribution >= 4 is 35.2 Å². The molecular formula is C19H15FN2O3S. The lowest BCUT2D eigenvalue weighted by atomic mass is 10.0. The van der Waals surface area contributed by atoms with Crippen molar-refractivity contribution in [3.63, 3.8) is 0 Å². The van der Waals surface area contributed by atoms with Crippen LogP contribution in [0.4, 0.5) is 4.39 Å². The van der Waals surface area contributed by atoms with Gasteiger partial charge in [0, 0.05) is 6.42 Å². The number of rotatable bonds is 4. The van der Waals surface area contributed by atoms with Crippen LogP contribution in [-0.2, 0) is 16.0 Å². The highest BCUT2D eigenvalue weighted by molar-refractivity contribution is 7.80. The zero-order valence-electron chi connectivity index (χ0n) is 13.8. The first-order valence-electron chi connectivity index (χ1n) is 7.76. The molecule has 1 saturated heterocycles. The van der Waals surface area contributed by atoms with Gasteiger partial charge in [0.15, 0.2) is 5.11 Å². The second-order valence-electron chi connectivity index (χ2n) is 5.63. The lowest BCUT2D eigenvalue weighted by Gasteiger charge is -2.16. The second-order valence-corrected chi connectivity index (χ2v) is 6.04. The summed E-state index contributed by atoms with van der Waals surface area (Å²) in [6.45, 7) is 0. The van der Waals surface area contributed by atoms with Crippen molar-refractivity contribution < 1.29 is 18.7 Å². The fraction of sp³-hybridized carbons (Fsp3) is 0.105. The molecule has 1 aliphatic rings. The average Bonchev–Trinajstić information content (AvgIpc) is 2.61. The van der Waals surface area contributed by atoms with Gasteiger partial charge in [-0.15, -0.1) is 0 Å². The summed E-state index contributed by atoms with van der Waals surface area (Å²) in [6.07, 6.45) is 1.81. The van der Waals surface area contributed by atoms with Crippen LogP contribution in [0, 0.1) is 5.82 Å². The monoisotopic (exact) mass is 370 g/mol. The number of nitrogens with one attached hydrogen (secondary N) is 2. The number of ether oxygens (including phenoxy) is 1. The molecule has 1 fully saturated rings. The zero-order valence-corrected chi connectivity index (χ0v) is 14.7. The molecule has 2 aromatic carbocycles. The van der Waals surface area contributed by atoms with Crippen molar-refractivity contribution in [3.05, 3.63) is 70.5 Å². The fourth-order valence-electron chi connectivity index (χ4n) is 2.62. The first-order valence-corrected chi connectivity index (χ1v) is 8.17. The van der Waals surface area contributed by atoms with Crippen LogP contribution >= 0.6 is 12.2 Å². The molecule has 0 atom stereocenters. The molecule has 7 heteroatoms. The van der Waals surface area contributed by atoms with Crippen LogP contribution in [0.2, 0.25) is 0 Å². The minimum Gasteiger partial charge on any atom is -0.496 e. The number of halogens is 1. The molecule has 0 aromatic heterocycles. The molecule has 0 spiro atoms. The van der Waals surface area contributed by atoms with E-state index >= 15 is 0 Å². The third-order valence-electron chi connectivity index (χ3n) is 3.90. The molecular weight excluding hydrogens is 355 g/mol. The maximum absolute atomic E-state index is 13.9. The number of thiocarbonyl (C=S) groups is 1. The van der Waals surface area contributed by atoms with Crippen molar-refractivity contribution in [2.75, 3.05) is 7.11 Å². The molecule has 0 unspecified atom stereocenters. The fourth-order valence-corrected chi connectivity index (χ4v) is 2.80. The second kappa shape index (κ2) is 7.45. The van der Waals surface area contributed by atoms with Crippen LogP contribution in [0.15, 0.2) is 48.0 Å². The molecule has 26 heavy (non-hydrogen) atoms. The van der Waals surface area contributed by atoms with Crippen molar-refractivity contribution in [2.24, 2.45) is 0 Å². The van der Waals surface area contributed by atoms with E-state index in [2.05, 4.69) is 10.6 Å². The first kappa shape index (κ1) is 17.8. The summed E-state index contributed by atoms with van der Waals surface area (Å²) >= 11 is 4.76. The molecule has 2 amide bonds. The van der Waals surface area contributed by atoms with Gasteiger partial charge in [-0.05, 0) is 47.1 Å². The lowest BCUT2D eigenvalue weighted by molar-refractivity contribution is -0.123. The van der Waals surface area contributed by atoms with Gasteiger partial charge in [0.2, 0.25) is 0 Å². The third kappa shape index (κ3) is 3.78. The maximum Gasteiger partial charge on any atom is 0.263 e. The average molecular weight is 370 g/mol. The summed E-state index contributed by atoms with van der Waals surface area (Å²) in [5, 5.41) is 4.74. The Morgan fingerprint density at radius 1 is 1.08 bits per heavy atom. The normalized spacial score (nSPS) is 13.9. The van der Waals surface area contributed by atoms with Crippen molar-refractivity contribution in [2.45, 2.75) is 6.42 Å². The van der Waals surface area contributed by atoms with E-state index in [1.807, 2.05) is 0 Å². The number of carbonyl (C=O) groups excluding carboxylic acids is 2. The van der Waals surface area contributed by atoms with Crippen LogP contribution in [-0.4, -0.2) is 24.0 Å². The summed E-state index contributed by atoms with van der Waals surface area (Å²) in [4.78, 5) is 23.8. The van der Waals surface area contributed by atoms with Gasteiger partial charge in [-0.1, -0.05) is 30.3 Å². The van der Waals surface area contributed by atoms with Gasteiger partial charge >= 0.3 is 0 Å². The lowest BCUT2D eigenvalue weighted by Crippen LogP contribution is -2.51. The molecule has 132 valence electrons. The van der Waals surface area contributed by atoms with Crippen LogP contribution in [0.1, 0.15) is 16.7 Å². The molecule has 0 bridgehead atoms. The van der Waals surface area contributed by atoms with Crippen LogP contribution in [0.25, 0.3) is 6.08 Å². The van der Waals surface area contributed by atoms with Crippen molar-refractivity contribution in [1.82, 2.24) is 10.6 Å². The Labute approximate surface area is 154 Å². The highest BCUT2D eigenvalue weighted by Gasteiger charge is 2.25. The number of hydrogen-bond donors (Lipinski definition) is 2. The van der Waals surface area contributed by atoms with Gasteiger partial charge in [0.25, 0.3) is 11.8 Å². The summed E-state index contributed by atoms with van der Waals surface area (Å²) in [6, 6.07) is 11.7. The minimum atomic E-state index is -0.562. The van der Waals surface area contributed by atoms with E-state index in [9.17, 15) is 14.0 Å². The Balaban J connectivity index is 1.91. The van der Waals surface area contributed by atoms with Gasteiger partial charge in [0.05, 0.1) is 7.11 Å². The Bertz CT molecular complexity index is 918. The van der Waals surface area contributed by atoms with Gasteiger partial charge in [-0.25, -0.2) is 4.39 Å². The summed E-state index contributed by atoms with van der Waals surface area (Å²) in [5.74, 6) is -0.872. The Morgan fingerprint density at radius 3 is 2.42 bits per heavy atom. The van der Waals surface area contributed by atoms with E-state index < -0.39 is 11.8 Å². The van der Waals surface area contributed by atoms with E-state index in [0.29, 0.717) is 23.3 Å². The Hall–Kier alpha value is -3.06. The maximum atomic E-state index is 13.9. The van der Waals surface area contributed by atoms with Gasteiger partial charge in [-0.2, -0.15) is 0 Å². The van der Waals surface area contributed by atoms with E-state index in [1.165, 1.54) is 19.3 Å². The summed E-state index contributed by atoms with van der Waals surface area (Å²) < 4.78 is 19.3. The van der Waals surface area contributed by atoms with Gasteiger partial charge in [-0.3, -0.25) is 20.2 Å². The van der Waals surface area contributed by atoms with Gasteiger partial charge < -0.3 is 4.74 Å². The summed E-state index contributed by atoms with van der Waals surface area (Å²) in [5.41, 5.74) is 1.89. The van der Waals surface area contributed by atoms with Gasteiger partial charge in [0.1, 0.15) is 17.1 Å².